The van der Waals surface area contributed by atoms with E-state index in [1.165, 1.54) is 18.6 Å². The van der Waals surface area contributed by atoms with Crippen molar-refractivity contribution in [1.82, 2.24) is 19.7 Å². The molecule has 2 aromatic heterocycles. The van der Waals surface area contributed by atoms with Crippen molar-refractivity contribution in [3.05, 3.63) is 64.4 Å². The first-order valence-corrected chi connectivity index (χ1v) is 7.38. The van der Waals surface area contributed by atoms with Gasteiger partial charge >= 0.3 is 0 Å². The van der Waals surface area contributed by atoms with E-state index in [-0.39, 0.29) is 11.1 Å². The number of benzene rings is 1. The Morgan fingerprint density at radius 1 is 1.27 bits per heavy atom. The molecule has 0 aliphatic carbocycles. The topological polar surface area (TPSA) is 72.7 Å². The molecule has 0 spiro atoms. The molecule has 6 nitrogen and oxygen atoms in total. The van der Waals surface area contributed by atoms with Gasteiger partial charge < -0.3 is 5.32 Å². The molecule has 110 valence electrons. The molecule has 3 aromatic rings. The molecule has 0 fully saturated rings. The van der Waals surface area contributed by atoms with Crippen molar-refractivity contribution in [2.75, 3.05) is 5.32 Å². The fourth-order valence-electron chi connectivity index (χ4n) is 1.88. The number of rotatable bonds is 3. The molecule has 1 N–H and O–H groups in total. The minimum Gasteiger partial charge on any atom is -0.320 e. The molecule has 0 aliphatic rings. The Labute approximate surface area is 139 Å². The lowest BCUT2D eigenvalue weighted by Gasteiger charge is -2.11. The lowest BCUT2D eigenvalue weighted by atomic mass is 10.2. The van der Waals surface area contributed by atoms with Crippen LogP contribution in [0.4, 0.5) is 5.69 Å². The third kappa shape index (κ3) is 3.15. The quantitative estimate of drug-likeness (QED) is 0.710. The Hall–Kier alpha value is -2.25. The van der Waals surface area contributed by atoms with E-state index in [1.54, 1.807) is 23.1 Å². The van der Waals surface area contributed by atoms with E-state index in [1.807, 2.05) is 12.1 Å². The van der Waals surface area contributed by atoms with Gasteiger partial charge in [0.25, 0.3) is 5.91 Å². The number of aromatic nitrogens is 4. The molecule has 0 saturated heterocycles. The first-order chi connectivity index (χ1) is 10.6. The molecule has 0 unspecified atom stereocenters. The molecule has 3 rings (SSSR count). The van der Waals surface area contributed by atoms with Crippen LogP contribution in [0.5, 0.6) is 0 Å². The highest BCUT2D eigenvalue weighted by Crippen LogP contribution is 2.25. The smallest absolute Gasteiger partial charge is 0.255 e. The van der Waals surface area contributed by atoms with Crippen LogP contribution in [0.2, 0.25) is 5.15 Å². The second kappa shape index (κ2) is 6.25. The number of anilines is 1. The molecule has 1 aromatic carbocycles. The molecular weight excluding hydrogens is 370 g/mol. The number of nitrogens with zero attached hydrogens (tertiary/aromatic N) is 4. The van der Waals surface area contributed by atoms with Gasteiger partial charge in [0, 0.05) is 16.2 Å². The zero-order valence-corrected chi connectivity index (χ0v) is 13.4. The summed E-state index contributed by atoms with van der Waals surface area (Å²) in [7, 11) is 0. The van der Waals surface area contributed by atoms with E-state index in [0.29, 0.717) is 16.9 Å². The monoisotopic (exact) mass is 377 g/mol. The van der Waals surface area contributed by atoms with Crippen LogP contribution in [-0.2, 0) is 0 Å². The lowest BCUT2D eigenvalue weighted by molar-refractivity contribution is 0.102. The van der Waals surface area contributed by atoms with Crippen LogP contribution in [-0.4, -0.2) is 25.7 Å². The summed E-state index contributed by atoms with van der Waals surface area (Å²) in [6.07, 6.45) is 4.47. The number of hydrogen-bond donors (Lipinski definition) is 1. The summed E-state index contributed by atoms with van der Waals surface area (Å²) < 4.78 is 2.40. The van der Waals surface area contributed by atoms with E-state index < -0.39 is 0 Å². The van der Waals surface area contributed by atoms with Gasteiger partial charge in [0.15, 0.2) is 0 Å². The van der Waals surface area contributed by atoms with E-state index in [4.69, 9.17) is 11.6 Å². The standard InChI is InChI=1S/C14H9BrClN5O/c15-10-1-2-12(21-8-17-7-19-21)11(6-10)20-14(22)9-3-4-18-13(16)5-9/h1-8H,(H,20,22). The van der Waals surface area contributed by atoms with Crippen molar-refractivity contribution in [2.24, 2.45) is 0 Å². The Morgan fingerprint density at radius 2 is 2.14 bits per heavy atom. The van der Waals surface area contributed by atoms with E-state index in [2.05, 4.69) is 36.3 Å². The molecule has 0 atom stereocenters. The molecule has 0 radical (unpaired) electrons. The summed E-state index contributed by atoms with van der Waals surface area (Å²) in [5.74, 6) is -0.288. The Kier molecular flexibility index (Phi) is 4.17. The zero-order chi connectivity index (χ0) is 15.5. The van der Waals surface area contributed by atoms with Gasteiger partial charge in [-0.2, -0.15) is 5.10 Å². The minimum atomic E-state index is -0.288. The van der Waals surface area contributed by atoms with Crippen molar-refractivity contribution in [3.8, 4) is 5.69 Å². The maximum absolute atomic E-state index is 12.3. The van der Waals surface area contributed by atoms with Crippen molar-refractivity contribution in [3.63, 3.8) is 0 Å². The van der Waals surface area contributed by atoms with Gasteiger partial charge in [0.1, 0.15) is 17.8 Å². The van der Waals surface area contributed by atoms with Crippen LogP contribution in [0.3, 0.4) is 0 Å². The predicted octanol–water partition coefficient (Wildman–Crippen LogP) is 3.33. The van der Waals surface area contributed by atoms with E-state index >= 15 is 0 Å². The maximum atomic E-state index is 12.3. The van der Waals surface area contributed by atoms with Crippen LogP contribution in [0.15, 0.2) is 53.7 Å². The second-order valence-corrected chi connectivity index (χ2v) is 5.63. The fraction of sp³-hybridized carbons (Fsp3) is 0. The molecule has 0 aliphatic heterocycles. The van der Waals surface area contributed by atoms with Crippen LogP contribution >= 0.6 is 27.5 Å². The van der Waals surface area contributed by atoms with Gasteiger partial charge in [0.2, 0.25) is 0 Å². The van der Waals surface area contributed by atoms with Gasteiger partial charge in [0.05, 0.1) is 11.4 Å². The summed E-state index contributed by atoms with van der Waals surface area (Å²) >= 11 is 9.20. The Balaban J connectivity index is 1.95. The van der Waals surface area contributed by atoms with E-state index in [9.17, 15) is 4.79 Å². The molecule has 2 heterocycles. The highest BCUT2D eigenvalue weighted by Gasteiger charge is 2.12. The largest absolute Gasteiger partial charge is 0.320 e. The summed E-state index contributed by atoms with van der Waals surface area (Å²) in [4.78, 5) is 20.1. The fourth-order valence-corrected chi connectivity index (χ4v) is 2.41. The number of nitrogens with one attached hydrogen (secondary N) is 1. The first-order valence-electron chi connectivity index (χ1n) is 6.21. The highest BCUT2D eigenvalue weighted by molar-refractivity contribution is 9.10. The average molecular weight is 379 g/mol. The Bertz CT molecular complexity index is 822. The third-order valence-corrected chi connectivity index (χ3v) is 3.56. The minimum absolute atomic E-state index is 0.262. The molecular formula is C14H9BrClN5O. The molecule has 8 heteroatoms. The third-order valence-electron chi connectivity index (χ3n) is 2.86. The second-order valence-electron chi connectivity index (χ2n) is 4.32. The van der Waals surface area contributed by atoms with Gasteiger partial charge in [-0.25, -0.2) is 14.6 Å². The lowest BCUT2D eigenvalue weighted by Crippen LogP contribution is -2.14. The zero-order valence-electron chi connectivity index (χ0n) is 11.1. The van der Waals surface area contributed by atoms with Crippen LogP contribution in [0.25, 0.3) is 5.69 Å². The molecule has 22 heavy (non-hydrogen) atoms. The van der Waals surface area contributed by atoms with Crippen molar-refractivity contribution >= 4 is 39.1 Å². The summed E-state index contributed by atoms with van der Waals surface area (Å²) in [5, 5.41) is 7.18. The molecule has 0 saturated carbocycles. The number of carbonyl (C=O) groups excluding carboxylic acids is 1. The summed E-state index contributed by atoms with van der Waals surface area (Å²) in [6.45, 7) is 0. The van der Waals surface area contributed by atoms with Crippen LogP contribution < -0.4 is 5.32 Å². The van der Waals surface area contributed by atoms with Crippen LogP contribution in [0.1, 0.15) is 10.4 Å². The summed E-state index contributed by atoms with van der Waals surface area (Å²) in [6, 6.07) is 8.57. The average Bonchev–Trinajstić information content (AvgIpc) is 3.01. The van der Waals surface area contributed by atoms with Crippen molar-refractivity contribution < 1.29 is 4.79 Å². The molecule has 0 bridgehead atoms. The maximum Gasteiger partial charge on any atom is 0.255 e. The van der Waals surface area contributed by atoms with Crippen molar-refractivity contribution in [2.45, 2.75) is 0 Å². The highest BCUT2D eigenvalue weighted by atomic mass is 79.9. The SMILES string of the molecule is O=C(Nc1cc(Br)ccc1-n1cncn1)c1ccnc(Cl)c1. The van der Waals surface area contributed by atoms with E-state index in [0.717, 1.165) is 4.47 Å². The van der Waals surface area contributed by atoms with Crippen LogP contribution in [0, 0.1) is 0 Å². The first kappa shape index (κ1) is 14.7. The van der Waals surface area contributed by atoms with Gasteiger partial charge in [-0.1, -0.05) is 27.5 Å². The number of pyridine rings is 1. The number of amides is 1. The molecule has 1 amide bonds. The van der Waals surface area contributed by atoms with Gasteiger partial charge in [-0.15, -0.1) is 0 Å². The van der Waals surface area contributed by atoms with Gasteiger partial charge in [-0.05, 0) is 30.3 Å². The predicted molar refractivity (Wildman–Crippen MR) is 86.3 cm³/mol. The number of halogens is 2. The summed E-state index contributed by atoms with van der Waals surface area (Å²) in [5.41, 5.74) is 1.72. The van der Waals surface area contributed by atoms with Gasteiger partial charge in [-0.3, -0.25) is 4.79 Å². The number of hydrogen-bond acceptors (Lipinski definition) is 4. The van der Waals surface area contributed by atoms with Crippen molar-refractivity contribution in [1.29, 1.82) is 0 Å². The Morgan fingerprint density at radius 3 is 2.86 bits per heavy atom. The number of carbonyl (C=O) groups is 1. The normalized spacial score (nSPS) is 10.5.